The summed E-state index contributed by atoms with van der Waals surface area (Å²) in [6.07, 6.45) is 1.16. The maximum Gasteiger partial charge on any atom is 0.426 e. The summed E-state index contributed by atoms with van der Waals surface area (Å²) in [5, 5.41) is 0. The molecule has 1 fully saturated rings. The first kappa shape index (κ1) is 28.8. The van der Waals surface area contributed by atoms with Gasteiger partial charge in [-0.15, -0.1) is 0 Å². The van der Waals surface area contributed by atoms with Crippen molar-refractivity contribution in [1.82, 2.24) is 0 Å². The number of unbranched alkanes of at least 4 members (excludes halogenated alkanes) is 5. The summed E-state index contributed by atoms with van der Waals surface area (Å²) >= 11 is 0. The molecular weight excluding hydrogens is 502 g/mol. The van der Waals surface area contributed by atoms with Crippen molar-refractivity contribution in [2.24, 2.45) is 5.92 Å². The highest BCUT2D eigenvalue weighted by Gasteiger charge is 2.35. The van der Waals surface area contributed by atoms with Gasteiger partial charge < -0.3 is 18.9 Å². The average molecular weight is 533 g/mol. The summed E-state index contributed by atoms with van der Waals surface area (Å²) in [5.74, 6) is -4.70. The number of alkyl halides is 2. The zero-order valence-corrected chi connectivity index (χ0v) is 20.5. The first-order valence-corrected chi connectivity index (χ1v) is 12.3. The van der Waals surface area contributed by atoms with E-state index in [0.717, 1.165) is 25.0 Å². The lowest BCUT2D eigenvalue weighted by Gasteiger charge is -2.30. The molecule has 0 spiro atoms. The third-order valence-electron chi connectivity index (χ3n) is 5.94. The minimum atomic E-state index is -3.94. The van der Waals surface area contributed by atoms with Gasteiger partial charge >= 0.3 is 12.2 Å². The van der Waals surface area contributed by atoms with Crippen LogP contribution < -0.4 is 9.47 Å². The van der Waals surface area contributed by atoms with Gasteiger partial charge in [-0.25, -0.2) is 8.78 Å². The van der Waals surface area contributed by atoms with Crippen LogP contribution in [0.25, 0.3) is 0 Å². The van der Waals surface area contributed by atoms with E-state index >= 15 is 0 Å². The minimum Gasteiger partial charge on any atom is -0.453 e. The molecule has 2 aromatic carbocycles. The molecule has 37 heavy (non-hydrogen) atoms. The van der Waals surface area contributed by atoms with Crippen LogP contribution in [0.5, 0.6) is 11.5 Å². The number of hydrogen-bond donors (Lipinski definition) is 0. The molecule has 0 unspecified atom stereocenters. The molecule has 204 valence electrons. The molecule has 3 rings (SSSR count). The van der Waals surface area contributed by atoms with E-state index in [9.17, 15) is 26.3 Å². The van der Waals surface area contributed by atoms with Gasteiger partial charge in [0.15, 0.2) is 29.9 Å². The summed E-state index contributed by atoms with van der Waals surface area (Å²) in [4.78, 5) is 0. The predicted molar refractivity (Wildman–Crippen MR) is 124 cm³/mol. The lowest BCUT2D eigenvalue weighted by Crippen LogP contribution is -2.27. The number of halogens is 6. The van der Waals surface area contributed by atoms with Crippen molar-refractivity contribution in [3.8, 4) is 11.5 Å². The van der Waals surface area contributed by atoms with E-state index in [0.29, 0.717) is 36.8 Å². The molecule has 0 aliphatic carbocycles. The van der Waals surface area contributed by atoms with Crippen LogP contribution in [0.4, 0.5) is 26.3 Å². The Morgan fingerprint density at radius 3 is 2.14 bits per heavy atom. The zero-order chi connectivity index (χ0) is 26.8. The largest absolute Gasteiger partial charge is 0.453 e. The van der Waals surface area contributed by atoms with Gasteiger partial charge in [0.05, 0.1) is 18.8 Å². The third kappa shape index (κ3) is 8.67. The van der Waals surface area contributed by atoms with Gasteiger partial charge in [-0.1, -0.05) is 57.6 Å². The Kier molecular flexibility index (Phi) is 10.7. The summed E-state index contributed by atoms with van der Waals surface area (Å²) < 4.78 is 102. The fourth-order valence-electron chi connectivity index (χ4n) is 3.97. The first-order valence-electron chi connectivity index (χ1n) is 12.3. The van der Waals surface area contributed by atoms with Crippen molar-refractivity contribution < 1.29 is 45.3 Å². The lowest BCUT2D eigenvalue weighted by atomic mass is 10.0. The van der Waals surface area contributed by atoms with Crippen molar-refractivity contribution in [1.29, 1.82) is 0 Å². The molecule has 4 nitrogen and oxygen atoms in total. The molecule has 1 aliphatic rings. The quantitative estimate of drug-likeness (QED) is 0.147. The van der Waals surface area contributed by atoms with Crippen LogP contribution in [0, 0.1) is 17.6 Å². The Labute approximate surface area is 212 Å². The SMILES string of the molecule is CCCCCCCCC1COC(c2ccc(C(F)(F)Oc3cc(F)c(OC=C(F)F)c(F)c3)cc2)OC1. The molecule has 0 bridgehead atoms. The van der Waals surface area contributed by atoms with Gasteiger partial charge in [-0.2, -0.15) is 17.6 Å². The fourth-order valence-corrected chi connectivity index (χ4v) is 3.97. The molecule has 0 atom stereocenters. The van der Waals surface area contributed by atoms with E-state index in [1.54, 1.807) is 0 Å². The molecule has 10 heteroatoms. The predicted octanol–water partition coefficient (Wildman–Crippen LogP) is 8.62. The molecule has 2 aromatic rings. The van der Waals surface area contributed by atoms with Crippen LogP contribution in [-0.2, 0) is 15.6 Å². The monoisotopic (exact) mass is 532 g/mol. The highest BCUT2D eigenvalue weighted by molar-refractivity contribution is 5.36. The zero-order valence-electron chi connectivity index (χ0n) is 20.5. The van der Waals surface area contributed by atoms with Gasteiger partial charge in [-0.05, 0) is 18.6 Å². The van der Waals surface area contributed by atoms with Crippen LogP contribution >= 0.6 is 0 Å². The van der Waals surface area contributed by atoms with E-state index in [1.165, 1.54) is 44.2 Å². The number of ether oxygens (including phenoxy) is 4. The van der Waals surface area contributed by atoms with Crippen LogP contribution in [0.2, 0.25) is 0 Å². The molecule has 1 heterocycles. The Morgan fingerprint density at radius 1 is 0.946 bits per heavy atom. The van der Waals surface area contributed by atoms with Crippen molar-refractivity contribution in [3.63, 3.8) is 0 Å². The molecule has 0 N–H and O–H groups in total. The van der Waals surface area contributed by atoms with Gasteiger partial charge in [0, 0.05) is 23.6 Å². The molecular formula is C27H30F6O4. The summed E-state index contributed by atoms with van der Waals surface area (Å²) in [7, 11) is 0. The van der Waals surface area contributed by atoms with E-state index in [2.05, 4.69) is 16.4 Å². The maximum absolute atomic E-state index is 14.6. The van der Waals surface area contributed by atoms with Crippen molar-refractivity contribution in [2.45, 2.75) is 64.3 Å². The van der Waals surface area contributed by atoms with Crippen LogP contribution in [-0.4, -0.2) is 13.2 Å². The van der Waals surface area contributed by atoms with Crippen molar-refractivity contribution in [3.05, 3.63) is 71.5 Å². The second kappa shape index (κ2) is 13.7. The van der Waals surface area contributed by atoms with E-state index in [-0.39, 0.29) is 6.26 Å². The molecule has 0 radical (unpaired) electrons. The van der Waals surface area contributed by atoms with Gasteiger partial charge in [0.2, 0.25) is 0 Å². The highest BCUT2D eigenvalue weighted by atomic mass is 19.3. The van der Waals surface area contributed by atoms with Gasteiger partial charge in [-0.3, -0.25) is 0 Å². The molecule has 1 saturated heterocycles. The summed E-state index contributed by atoms with van der Waals surface area (Å²) in [5.41, 5.74) is -0.0270. The van der Waals surface area contributed by atoms with E-state index < -0.39 is 47.2 Å². The van der Waals surface area contributed by atoms with Crippen LogP contribution in [0.1, 0.15) is 69.3 Å². The Morgan fingerprint density at radius 2 is 1.54 bits per heavy atom. The maximum atomic E-state index is 14.6. The van der Waals surface area contributed by atoms with Crippen LogP contribution in [0.3, 0.4) is 0 Å². The third-order valence-corrected chi connectivity index (χ3v) is 5.94. The molecule has 0 saturated carbocycles. The number of hydrogen-bond acceptors (Lipinski definition) is 4. The Hall–Kier alpha value is -2.72. The fraction of sp³-hybridized carbons (Fsp3) is 0.481. The average Bonchev–Trinajstić information content (AvgIpc) is 2.86. The van der Waals surface area contributed by atoms with Crippen LogP contribution in [0.15, 0.2) is 48.7 Å². The summed E-state index contributed by atoms with van der Waals surface area (Å²) in [6.45, 7) is 3.22. The minimum absolute atomic E-state index is 0.173. The smallest absolute Gasteiger partial charge is 0.426 e. The topological polar surface area (TPSA) is 36.9 Å². The number of rotatable bonds is 13. The van der Waals surface area contributed by atoms with Gasteiger partial charge in [0.1, 0.15) is 5.75 Å². The first-order chi connectivity index (χ1) is 17.7. The van der Waals surface area contributed by atoms with Crippen molar-refractivity contribution in [2.75, 3.05) is 13.2 Å². The van der Waals surface area contributed by atoms with E-state index in [4.69, 9.17) is 9.47 Å². The molecule has 0 amide bonds. The van der Waals surface area contributed by atoms with Crippen molar-refractivity contribution >= 4 is 0 Å². The highest BCUT2D eigenvalue weighted by Crippen LogP contribution is 2.36. The second-order valence-electron chi connectivity index (χ2n) is 8.90. The normalized spacial score (nSPS) is 17.9. The molecule has 1 aliphatic heterocycles. The Balaban J connectivity index is 1.53. The van der Waals surface area contributed by atoms with E-state index in [1.807, 2.05) is 0 Å². The van der Waals surface area contributed by atoms with Gasteiger partial charge in [0.25, 0.3) is 0 Å². The number of benzene rings is 2. The lowest BCUT2D eigenvalue weighted by molar-refractivity contribution is -0.206. The molecule has 0 aromatic heterocycles. The second-order valence-corrected chi connectivity index (χ2v) is 8.90. The summed E-state index contributed by atoms with van der Waals surface area (Å²) in [6, 6.07) is 5.83. The Bertz CT molecular complexity index is 993. The standard InChI is InChI=1S/C27H30F6O4/c1-2-3-4-5-6-7-8-18-15-35-26(36-16-18)19-9-11-20(12-10-19)27(32,33)37-21-13-22(28)25(23(29)14-21)34-17-24(30)31/h9-14,17-18,26H,2-8,15-16H2,1H3.